The minimum absolute atomic E-state index is 0.105. The molecule has 3 aliphatic rings. The van der Waals surface area contributed by atoms with E-state index in [-0.39, 0.29) is 11.5 Å². The molecule has 1 spiro atoms. The van der Waals surface area contributed by atoms with Gasteiger partial charge in [-0.05, 0) is 138 Å². The monoisotopic (exact) mass is 767 g/mol. The second-order valence-electron chi connectivity index (χ2n) is 17.0. The molecule has 0 saturated heterocycles. The van der Waals surface area contributed by atoms with E-state index in [0.29, 0.717) is 0 Å². The van der Waals surface area contributed by atoms with Crippen LogP contribution < -0.4 is 4.90 Å². The lowest BCUT2D eigenvalue weighted by atomic mass is 9.76. The summed E-state index contributed by atoms with van der Waals surface area (Å²) in [5.41, 5.74) is 18.7. The maximum Gasteiger partial charge on any atom is 0.0566 e. The summed E-state index contributed by atoms with van der Waals surface area (Å²) in [6.07, 6.45) is 10.9. The number of benzene rings is 9. The van der Waals surface area contributed by atoms with E-state index in [0.717, 1.165) is 6.42 Å². The van der Waals surface area contributed by atoms with Crippen LogP contribution in [0.2, 0.25) is 0 Å². The first-order valence-electron chi connectivity index (χ1n) is 21.7. The van der Waals surface area contributed by atoms with Crippen molar-refractivity contribution in [3.8, 4) is 44.5 Å². The van der Waals surface area contributed by atoms with E-state index in [1.165, 1.54) is 125 Å². The summed E-state index contributed by atoms with van der Waals surface area (Å²) in [5.74, 6) is 0. The van der Waals surface area contributed by atoms with Crippen LogP contribution in [-0.4, -0.2) is 6.04 Å². The minimum atomic E-state index is 0.105. The number of hydrogen-bond acceptors (Lipinski definition) is 1. The maximum atomic E-state index is 2.62. The highest BCUT2D eigenvalue weighted by Crippen LogP contribution is 2.58. The van der Waals surface area contributed by atoms with Gasteiger partial charge in [-0.1, -0.05) is 189 Å². The zero-order chi connectivity index (χ0) is 39.6. The van der Waals surface area contributed by atoms with E-state index in [1.807, 2.05) is 0 Å². The Morgan fingerprint density at radius 1 is 0.433 bits per heavy atom. The molecule has 1 unspecified atom stereocenters. The first-order valence-corrected chi connectivity index (χ1v) is 21.7. The summed E-state index contributed by atoms with van der Waals surface area (Å²) < 4.78 is 0. The molecule has 3 aliphatic carbocycles. The van der Waals surface area contributed by atoms with Crippen LogP contribution in [0, 0.1) is 0 Å². The molecule has 0 radical (unpaired) electrons. The van der Waals surface area contributed by atoms with Crippen molar-refractivity contribution >= 4 is 39.0 Å². The summed E-state index contributed by atoms with van der Waals surface area (Å²) in [6.45, 7) is 0. The Morgan fingerprint density at radius 3 is 1.73 bits per heavy atom. The van der Waals surface area contributed by atoms with Crippen LogP contribution in [0.25, 0.3) is 72.1 Å². The average molecular weight is 768 g/mol. The number of rotatable bonds is 6. The highest BCUT2D eigenvalue weighted by Gasteiger charge is 2.45. The van der Waals surface area contributed by atoms with Gasteiger partial charge in [0.25, 0.3) is 0 Å². The normalized spacial score (nSPS) is 15.9. The second kappa shape index (κ2) is 14.1. The van der Waals surface area contributed by atoms with Gasteiger partial charge in [-0.2, -0.15) is 0 Å². The summed E-state index contributed by atoms with van der Waals surface area (Å²) in [7, 11) is 0. The molecular weight excluding hydrogens is 723 g/mol. The fourth-order valence-corrected chi connectivity index (χ4v) is 11.4. The quantitative estimate of drug-likeness (QED) is 0.152. The Morgan fingerprint density at radius 2 is 1.02 bits per heavy atom. The molecule has 12 rings (SSSR count). The molecule has 9 aromatic carbocycles. The molecule has 0 aromatic heterocycles. The van der Waals surface area contributed by atoms with E-state index in [4.69, 9.17) is 0 Å². The highest BCUT2D eigenvalue weighted by atomic mass is 15.2. The topological polar surface area (TPSA) is 3.24 Å². The molecule has 9 aromatic rings. The van der Waals surface area contributed by atoms with Gasteiger partial charge in [0, 0.05) is 16.8 Å². The van der Waals surface area contributed by atoms with Gasteiger partial charge in [-0.3, -0.25) is 0 Å². The second-order valence-corrected chi connectivity index (χ2v) is 17.0. The molecule has 1 atom stereocenters. The number of nitrogens with zero attached hydrogens (tertiary/aromatic N) is 1. The van der Waals surface area contributed by atoms with Crippen LogP contribution in [0.3, 0.4) is 0 Å². The van der Waals surface area contributed by atoms with Crippen LogP contribution in [-0.2, 0) is 11.8 Å². The molecule has 0 amide bonds. The van der Waals surface area contributed by atoms with Gasteiger partial charge in [0.2, 0.25) is 0 Å². The van der Waals surface area contributed by atoms with Gasteiger partial charge in [0.05, 0.1) is 6.04 Å². The third kappa shape index (κ3) is 5.39. The van der Waals surface area contributed by atoms with Gasteiger partial charge in [0.1, 0.15) is 0 Å². The number of hydrogen-bond donors (Lipinski definition) is 0. The van der Waals surface area contributed by atoms with E-state index < -0.39 is 0 Å². The van der Waals surface area contributed by atoms with Crippen LogP contribution in [0.15, 0.2) is 200 Å². The molecular formula is C59H45N. The summed E-state index contributed by atoms with van der Waals surface area (Å²) >= 11 is 0. The predicted octanol–water partition coefficient (Wildman–Crippen LogP) is 15.6. The molecule has 0 aliphatic heterocycles. The molecule has 0 heterocycles. The van der Waals surface area contributed by atoms with Crippen LogP contribution in [0.4, 0.5) is 11.4 Å². The summed E-state index contributed by atoms with van der Waals surface area (Å²) in [6, 6.07) is 72.6. The predicted molar refractivity (Wildman–Crippen MR) is 254 cm³/mol. The minimum Gasteiger partial charge on any atom is -0.334 e. The van der Waals surface area contributed by atoms with Gasteiger partial charge < -0.3 is 4.90 Å². The smallest absolute Gasteiger partial charge is 0.0566 e. The summed E-state index contributed by atoms with van der Waals surface area (Å²) in [5, 5.41) is 5.28. The Bertz CT molecular complexity index is 3100. The van der Waals surface area contributed by atoms with Gasteiger partial charge in [-0.25, -0.2) is 0 Å². The molecule has 1 nitrogen and oxygen atoms in total. The number of para-hydroxylation sites is 1. The average Bonchev–Trinajstić information content (AvgIpc) is 3.93. The molecule has 1 fully saturated rings. The zero-order valence-corrected chi connectivity index (χ0v) is 33.7. The largest absolute Gasteiger partial charge is 0.334 e. The first kappa shape index (κ1) is 35.0. The van der Waals surface area contributed by atoms with Gasteiger partial charge in [-0.15, -0.1) is 0 Å². The van der Waals surface area contributed by atoms with E-state index in [9.17, 15) is 0 Å². The fraction of sp³-hybridized carbons (Fsp3) is 0.119. The lowest BCUT2D eigenvalue weighted by molar-refractivity contribution is 0.550. The SMILES string of the molecule is C1=CC(N(c2ccccc2)c2ccc3c(c2)C2(CCCC2)c2ccccc2-3)Cc2c1c1c(-c3ccccc3)c(-c3ccccc3)cc(-c3ccccc3)c1c1ccccc21. The van der Waals surface area contributed by atoms with E-state index in [2.05, 4.69) is 211 Å². The zero-order valence-electron chi connectivity index (χ0n) is 33.7. The Balaban J connectivity index is 1.11. The first-order chi connectivity index (χ1) is 29.8. The Kier molecular flexibility index (Phi) is 8.23. The summed E-state index contributed by atoms with van der Waals surface area (Å²) in [4.78, 5) is 2.62. The van der Waals surface area contributed by atoms with Crippen molar-refractivity contribution in [1.29, 1.82) is 0 Å². The van der Waals surface area contributed by atoms with E-state index >= 15 is 0 Å². The molecule has 0 bridgehead atoms. The highest BCUT2D eigenvalue weighted by molar-refractivity contribution is 6.24. The van der Waals surface area contributed by atoms with Crippen molar-refractivity contribution in [3.05, 3.63) is 222 Å². The van der Waals surface area contributed by atoms with Crippen molar-refractivity contribution in [3.63, 3.8) is 0 Å². The molecule has 1 heteroatoms. The third-order valence-corrected chi connectivity index (χ3v) is 13.9. The van der Waals surface area contributed by atoms with E-state index in [1.54, 1.807) is 0 Å². The third-order valence-electron chi connectivity index (χ3n) is 13.9. The molecule has 60 heavy (non-hydrogen) atoms. The van der Waals surface area contributed by atoms with Crippen LogP contribution >= 0.6 is 0 Å². The Labute approximate surface area is 352 Å². The van der Waals surface area contributed by atoms with Gasteiger partial charge >= 0.3 is 0 Å². The van der Waals surface area contributed by atoms with Crippen molar-refractivity contribution in [2.45, 2.75) is 43.6 Å². The lowest BCUT2D eigenvalue weighted by Crippen LogP contribution is -2.33. The lowest BCUT2D eigenvalue weighted by Gasteiger charge is -2.36. The standard InChI is InChI=1S/C59H45N/c1-5-19-40(20-6-1)51-39-52(41-21-7-2-8-22-41)57-49-29-14-13-27-46(49)53-37-44(32-34-50(53)58(57)56(51)42-23-9-3-10-24-42)60(43-25-11-4-12-26-43)45-31-33-48-47-28-15-16-30-54(47)59(55(48)38-45)35-17-18-36-59/h1-16,19-34,38-39,44H,17-18,35-37H2. The van der Waals surface area contributed by atoms with Crippen molar-refractivity contribution in [1.82, 2.24) is 0 Å². The van der Waals surface area contributed by atoms with Crippen molar-refractivity contribution in [2.75, 3.05) is 4.90 Å². The molecule has 1 saturated carbocycles. The van der Waals surface area contributed by atoms with Crippen LogP contribution in [0.1, 0.15) is 47.9 Å². The Hall–Kier alpha value is -6.96. The number of fused-ring (bicyclic) bond motifs is 11. The fourth-order valence-electron chi connectivity index (χ4n) is 11.4. The number of anilines is 2. The molecule has 0 N–H and O–H groups in total. The van der Waals surface area contributed by atoms with Crippen LogP contribution in [0.5, 0.6) is 0 Å². The maximum absolute atomic E-state index is 2.62. The van der Waals surface area contributed by atoms with Gasteiger partial charge in [0.15, 0.2) is 0 Å². The molecule has 286 valence electrons. The van der Waals surface area contributed by atoms with Crippen molar-refractivity contribution in [2.24, 2.45) is 0 Å². The van der Waals surface area contributed by atoms with Crippen molar-refractivity contribution < 1.29 is 0 Å².